The number of rotatable bonds is 5. The third kappa shape index (κ3) is 4.61. The Bertz CT molecular complexity index is 631. The minimum atomic E-state index is 0.137. The van der Waals surface area contributed by atoms with E-state index in [1.54, 1.807) is 6.07 Å². The fourth-order valence-electron chi connectivity index (χ4n) is 2.24. The van der Waals surface area contributed by atoms with Crippen LogP contribution in [0.2, 0.25) is 15.1 Å². The molecule has 1 nitrogen and oxygen atoms in total. The molecule has 2 rings (SSSR count). The van der Waals surface area contributed by atoms with E-state index < -0.39 is 0 Å². The first-order valence-electron chi connectivity index (χ1n) is 6.63. The van der Waals surface area contributed by atoms with Crippen LogP contribution < -0.4 is 5.32 Å². The summed E-state index contributed by atoms with van der Waals surface area (Å²) in [6, 6.07) is 11.5. The zero-order valence-electron chi connectivity index (χ0n) is 11.5. The van der Waals surface area contributed by atoms with Crippen molar-refractivity contribution in [2.24, 2.45) is 0 Å². The number of hydrogen-bond donors (Lipinski definition) is 1. The third-order valence-electron chi connectivity index (χ3n) is 3.22. The summed E-state index contributed by atoms with van der Waals surface area (Å²) in [7, 11) is 0. The van der Waals surface area contributed by atoms with Crippen LogP contribution >= 0.6 is 50.7 Å². The van der Waals surface area contributed by atoms with Crippen LogP contribution in [0.1, 0.15) is 24.1 Å². The van der Waals surface area contributed by atoms with Gasteiger partial charge in [0.05, 0.1) is 0 Å². The molecule has 0 saturated carbocycles. The number of likely N-dealkylation sites (N-methyl/N-ethyl adjacent to an activating group) is 1. The highest BCUT2D eigenvalue weighted by Gasteiger charge is 2.16. The molecule has 0 bridgehead atoms. The van der Waals surface area contributed by atoms with Gasteiger partial charge in [-0.25, -0.2) is 0 Å². The van der Waals surface area contributed by atoms with E-state index >= 15 is 0 Å². The predicted octanol–water partition coefficient (Wildman–Crippen LogP) is 6.30. The Kier molecular flexibility index (Phi) is 6.39. The predicted molar refractivity (Wildman–Crippen MR) is 95.7 cm³/mol. The Hall–Kier alpha value is -0.250. The van der Waals surface area contributed by atoms with Crippen molar-refractivity contribution in [1.29, 1.82) is 0 Å². The topological polar surface area (TPSA) is 12.0 Å². The van der Waals surface area contributed by atoms with Crippen molar-refractivity contribution in [3.05, 3.63) is 67.1 Å². The summed E-state index contributed by atoms with van der Waals surface area (Å²) < 4.78 is 0.985. The third-order valence-corrected chi connectivity index (χ3v) is 4.75. The fraction of sp³-hybridized carbons (Fsp3) is 0.250. The first-order valence-corrected chi connectivity index (χ1v) is 8.56. The van der Waals surface area contributed by atoms with Gasteiger partial charge in [0, 0.05) is 25.6 Å². The van der Waals surface area contributed by atoms with Gasteiger partial charge in [0.1, 0.15) is 0 Å². The van der Waals surface area contributed by atoms with Gasteiger partial charge in [-0.05, 0) is 54.4 Å². The lowest BCUT2D eigenvalue weighted by molar-refractivity contribution is 0.548. The number of hydrogen-bond acceptors (Lipinski definition) is 1. The van der Waals surface area contributed by atoms with Crippen LogP contribution in [0.4, 0.5) is 0 Å². The van der Waals surface area contributed by atoms with E-state index in [0.29, 0.717) is 10.0 Å². The molecule has 1 N–H and O–H groups in total. The van der Waals surface area contributed by atoms with E-state index in [1.165, 1.54) is 0 Å². The van der Waals surface area contributed by atoms with Gasteiger partial charge in [-0.2, -0.15) is 0 Å². The van der Waals surface area contributed by atoms with Crippen molar-refractivity contribution >= 4 is 50.7 Å². The number of halogens is 4. The molecule has 0 aliphatic rings. The van der Waals surface area contributed by atoms with Gasteiger partial charge in [-0.1, -0.05) is 63.7 Å². The molecule has 112 valence electrons. The highest BCUT2D eigenvalue weighted by molar-refractivity contribution is 9.10. The summed E-state index contributed by atoms with van der Waals surface area (Å²) in [5.41, 5.74) is 2.18. The Morgan fingerprint density at radius 2 is 1.71 bits per heavy atom. The second-order valence-electron chi connectivity index (χ2n) is 4.72. The van der Waals surface area contributed by atoms with E-state index in [0.717, 1.165) is 33.6 Å². The van der Waals surface area contributed by atoms with Crippen LogP contribution in [0, 0.1) is 0 Å². The SMILES string of the molecule is CCNC(Cc1cc(Cl)ccc1Cl)c1ccc(Cl)cc1Br. The van der Waals surface area contributed by atoms with Crippen LogP contribution in [0.3, 0.4) is 0 Å². The summed E-state index contributed by atoms with van der Waals surface area (Å²) in [4.78, 5) is 0. The summed E-state index contributed by atoms with van der Waals surface area (Å²) >= 11 is 21.9. The molecule has 0 saturated heterocycles. The maximum atomic E-state index is 6.27. The molecule has 0 aromatic heterocycles. The van der Waals surface area contributed by atoms with Crippen LogP contribution in [0.25, 0.3) is 0 Å². The van der Waals surface area contributed by atoms with Gasteiger partial charge in [0.15, 0.2) is 0 Å². The Balaban J connectivity index is 2.32. The molecule has 1 atom stereocenters. The largest absolute Gasteiger partial charge is 0.310 e. The molecule has 5 heteroatoms. The Morgan fingerprint density at radius 3 is 2.38 bits per heavy atom. The van der Waals surface area contributed by atoms with Crippen LogP contribution in [0.15, 0.2) is 40.9 Å². The highest BCUT2D eigenvalue weighted by Crippen LogP contribution is 2.31. The number of nitrogens with one attached hydrogen (secondary N) is 1. The van der Waals surface area contributed by atoms with Gasteiger partial charge < -0.3 is 5.32 Å². The van der Waals surface area contributed by atoms with E-state index in [2.05, 4.69) is 28.2 Å². The maximum Gasteiger partial charge on any atom is 0.0439 e. The molecule has 0 aliphatic carbocycles. The van der Waals surface area contributed by atoms with Crippen LogP contribution in [-0.2, 0) is 6.42 Å². The molecular weight excluding hydrogens is 392 g/mol. The summed E-state index contributed by atoms with van der Waals surface area (Å²) in [5, 5.41) is 5.61. The molecule has 0 spiro atoms. The zero-order valence-corrected chi connectivity index (χ0v) is 15.3. The van der Waals surface area contributed by atoms with E-state index in [1.807, 2.05) is 30.3 Å². The Morgan fingerprint density at radius 1 is 1.05 bits per heavy atom. The average molecular weight is 408 g/mol. The summed E-state index contributed by atoms with van der Waals surface area (Å²) in [5.74, 6) is 0. The molecule has 0 aliphatic heterocycles. The van der Waals surface area contributed by atoms with Crippen molar-refractivity contribution in [3.8, 4) is 0 Å². The Labute approximate surface area is 148 Å². The zero-order chi connectivity index (χ0) is 15.4. The van der Waals surface area contributed by atoms with Gasteiger partial charge in [0.25, 0.3) is 0 Å². The molecule has 2 aromatic carbocycles. The lowest BCUT2D eigenvalue weighted by Crippen LogP contribution is -2.23. The van der Waals surface area contributed by atoms with Crippen molar-refractivity contribution in [3.63, 3.8) is 0 Å². The molecular formula is C16H15BrCl3N. The number of benzene rings is 2. The molecule has 0 amide bonds. The molecule has 0 fully saturated rings. The quantitative estimate of drug-likeness (QED) is 0.613. The minimum Gasteiger partial charge on any atom is -0.310 e. The smallest absolute Gasteiger partial charge is 0.0439 e. The van der Waals surface area contributed by atoms with Crippen molar-refractivity contribution in [1.82, 2.24) is 5.32 Å². The maximum absolute atomic E-state index is 6.27. The van der Waals surface area contributed by atoms with E-state index in [4.69, 9.17) is 34.8 Å². The second kappa shape index (κ2) is 7.85. The lowest BCUT2D eigenvalue weighted by atomic mass is 9.98. The average Bonchev–Trinajstić information content (AvgIpc) is 2.42. The standard InChI is InChI=1S/C16H15BrCl3N/c1-2-21-16(13-5-3-12(19)9-14(13)17)8-10-7-11(18)4-6-15(10)20/h3-7,9,16,21H,2,8H2,1H3. The van der Waals surface area contributed by atoms with Crippen LogP contribution in [-0.4, -0.2) is 6.54 Å². The second-order valence-corrected chi connectivity index (χ2v) is 6.85. The summed E-state index contributed by atoms with van der Waals surface area (Å²) in [6.45, 7) is 2.94. The van der Waals surface area contributed by atoms with Crippen molar-refractivity contribution in [2.75, 3.05) is 6.54 Å². The summed E-state index contributed by atoms with van der Waals surface area (Å²) in [6.07, 6.45) is 0.757. The van der Waals surface area contributed by atoms with Crippen molar-refractivity contribution < 1.29 is 0 Å². The first-order chi connectivity index (χ1) is 10.0. The molecule has 2 aromatic rings. The molecule has 0 radical (unpaired) electrons. The van der Waals surface area contributed by atoms with Gasteiger partial charge in [-0.3, -0.25) is 0 Å². The van der Waals surface area contributed by atoms with Gasteiger partial charge >= 0.3 is 0 Å². The normalized spacial score (nSPS) is 12.4. The minimum absolute atomic E-state index is 0.137. The fourth-order valence-corrected chi connectivity index (χ4v) is 3.59. The van der Waals surface area contributed by atoms with Gasteiger partial charge in [0.2, 0.25) is 0 Å². The molecule has 0 heterocycles. The van der Waals surface area contributed by atoms with E-state index in [-0.39, 0.29) is 6.04 Å². The van der Waals surface area contributed by atoms with Crippen molar-refractivity contribution in [2.45, 2.75) is 19.4 Å². The van der Waals surface area contributed by atoms with E-state index in [9.17, 15) is 0 Å². The highest BCUT2D eigenvalue weighted by atomic mass is 79.9. The molecule has 1 unspecified atom stereocenters. The lowest BCUT2D eigenvalue weighted by Gasteiger charge is -2.21. The van der Waals surface area contributed by atoms with Crippen LogP contribution in [0.5, 0.6) is 0 Å². The van der Waals surface area contributed by atoms with Gasteiger partial charge in [-0.15, -0.1) is 0 Å². The monoisotopic (exact) mass is 405 g/mol. The molecule has 21 heavy (non-hydrogen) atoms. The first kappa shape index (κ1) is 17.1.